The van der Waals surface area contributed by atoms with Crippen LogP contribution in [0.4, 0.5) is 9.80 Å². The van der Waals surface area contributed by atoms with Gasteiger partial charge in [0.2, 0.25) is 0 Å². The molecule has 1 aromatic carbocycles. The van der Waals surface area contributed by atoms with Crippen LogP contribution >= 0.6 is 27.3 Å². The SMILES string of the molecule is O=C1O[C@@H](CO)CN1c1cc2c(Br)cccc2s1. The van der Waals surface area contributed by atoms with Crippen molar-refractivity contribution in [3.8, 4) is 0 Å². The maximum absolute atomic E-state index is 11.7. The quantitative estimate of drug-likeness (QED) is 0.922. The molecule has 2 aromatic rings. The third-order valence-corrected chi connectivity index (χ3v) is 4.65. The maximum Gasteiger partial charge on any atom is 0.415 e. The molecule has 1 aliphatic rings. The van der Waals surface area contributed by atoms with Crippen LogP contribution < -0.4 is 4.90 Å². The third kappa shape index (κ3) is 1.90. The highest BCUT2D eigenvalue weighted by atomic mass is 79.9. The van der Waals surface area contributed by atoms with Crippen molar-refractivity contribution in [2.45, 2.75) is 6.10 Å². The Hall–Kier alpha value is -1.11. The number of aliphatic hydroxyl groups excluding tert-OH is 1. The molecule has 0 spiro atoms. The van der Waals surface area contributed by atoms with E-state index in [9.17, 15) is 4.79 Å². The van der Waals surface area contributed by atoms with E-state index in [4.69, 9.17) is 9.84 Å². The largest absolute Gasteiger partial charge is 0.441 e. The van der Waals surface area contributed by atoms with Gasteiger partial charge in [0.1, 0.15) is 11.1 Å². The van der Waals surface area contributed by atoms with Crippen LogP contribution in [0.5, 0.6) is 0 Å². The Balaban J connectivity index is 2.00. The molecule has 1 fully saturated rings. The highest BCUT2D eigenvalue weighted by Gasteiger charge is 2.32. The van der Waals surface area contributed by atoms with Crippen molar-refractivity contribution in [3.05, 3.63) is 28.7 Å². The zero-order valence-corrected chi connectivity index (χ0v) is 11.7. The molecule has 1 atom stereocenters. The summed E-state index contributed by atoms with van der Waals surface area (Å²) in [6, 6.07) is 7.91. The van der Waals surface area contributed by atoms with Crippen LogP contribution in [0.15, 0.2) is 28.7 Å². The van der Waals surface area contributed by atoms with Gasteiger partial charge in [-0.1, -0.05) is 22.0 Å². The molecule has 3 rings (SSSR count). The number of anilines is 1. The number of amides is 1. The van der Waals surface area contributed by atoms with Crippen LogP contribution in [-0.4, -0.2) is 30.5 Å². The number of carbonyl (C=O) groups is 1. The molecule has 0 aliphatic carbocycles. The van der Waals surface area contributed by atoms with Gasteiger partial charge in [0, 0.05) is 14.6 Å². The van der Waals surface area contributed by atoms with Crippen molar-refractivity contribution < 1.29 is 14.6 Å². The molecule has 0 radical (unpaired) electrons. The lowest BCUT2D eigenvalue weighted by molar-refractivity contribution is 0.0963. The fourth-order valence-electron chi connectivity index (χ4n) is 1.94. The number of hydrogen-bond acceptors (Lipinski definition) is 4. The van der Waals surface area contributed by atoms with Crippen molar-refractivity contribution in [2.24, 2.45) is 0 Å². The van der Waals surface area contributed by atoms with Gasteiger partial charge in [-0.05, 0) is 18.2 Å². The number of ether oxygens (including phenoxy) is 1. The van der Waals surface area contributed by atoms with Crippen molar-refractivity contribution in [1.29, 1.82) is 0 Å². The number of cyclic esters (lactones) is 1. The molecular weight excluding hydrogens is 318 g/mol. The van der Waals surface area contributed by atoms with Gasteiger partial charge in [-0.3, -0.25) is 4.90 Å². The number of hydrogen-bond donors (Lipinski definition) is 1. The van der Waals surface area contributed by atoms with E-state index < -0.39 is 12.2 Å². The third-order valence-electron chi connectivity index (χ3n) is 2.84. The number of aliphatic hydroxyl groups is 1. The standard InChI is InChI=1S/C12H10BrNO3S/c13-9-2-1-3-10-8(9)4-11(18-10)14-5-7(6-15)17-12(14)16/h1-4,7,15H,5-6H2/t7-/m1/s1. The van der Waals surface area contributed by atoms with Crippen LogP contribution in [0, 0.1) is 0 Å². The summed E-state index contributed by atoms with van der Waals surface area (Å²) in [6.07, 6.45) is -0.817. The Morgan fingerprint density at radius 3 is 3.06 bits per heavy atom. The van der Waals surface area contributed by atoms with Gasteiger partial charge >= 0.3 is 6.09 Å². The average Bonchev–Trinajstić information content (AvgIpc) is 2.93. The van der Waals surface area contributed by atoms with Crippen molar-refractivity contribution in [1.82, 2.24) is 0 Å². The highest BCUT2D eigenvalue weighted by molar-refractivity contribution is 9.10. The smallest absolute Gasteiger partial charge is 0.415 e. The summed E-state index contributed by atoms with van der Waals surface area (Å²) in [6.45, 7) is 0.261. The molecule has 1 amide bonds. The summed E-state index contributed by atoms with van der Waals surface area (Å²) in [5.41, 5.74) is 0. The lowest BCUT2D eigenvalue weighted by Gasteiger charge is -2.08. The Bertz CT molecular complexity index is 612. The van der Waals surface area contributed by atoms with E-state index in [1.807, 2.05) is 24.3 Å². The van der Waals surface area contributed by atoms with E-state index in [1.54, 1.807) is 4.90 Å². The first kappa shape index (κ1) is 12.0. The van der Waals surface area contributed by atoms with E-state index in [-0.39, 0.29) is 6.61 Å². The van der Waals surface area contributed by atoms with Gasteiger partial charge in [0.25, 0.3) is 0 Å². The van der Waals surface area contributed by atoms with Crippen molar-refractivity contribution in [3.63, 3.8) is 0 Å². The Morgan fingerprint density at radius 2 is 2.39 bits per heavy atom. The van der Waals surface area contributed by atoms with Crippen LogP contribution in [0.25, 0.3) is 10.1 Å². The van der Waals surface area contributed by atoms with Gasteiger partial charge < -0.3 is 9.84 Å². The molecule has 1 aromatic heterocycles. The number of benzene rings is 1. The van der Waals surface area contributed by atoms with Gasteiger partial charge in [-0.2, -0.15) is 0 Å². The molecule has 1 saturated heterocycles. The fraction of sp³-hybridized carbons (Fsp3) is 0.250. The zero-order chi connectivity index (χ0) is 12.7. The second-order valence-corrected chi connectivity index (χ2v) is 5.95. The van der Waals surface area contributed by atoms with Crippen molar-refractivity contribution >= 4 is 48.4 Å². The normalized spacial score (nSPS) is 19.6. The second-order valence-electron chi connectivity index (χ2n) is 4.04. The molecule has 0 unspecified atom stereocenters. The van der Waals surface area contributed by atoms with E-state index in [0.29, 0.717) is 6.54 Å². The summed E-state index contributed by atoms with van der Waals surface area (Å²) < 4.78 is 7.15. The minimum Gasteiger partial charge on any atom is -0.441 e. The molecule has 0 bridgehead atoms. The first-order chi connectivity index (χ1) is 8.69. The summed E-state index contributed by atoms with van der Waals surface area (Å²) in [5.74, 6) is 0. The molecule has 6 heteroatoms. The Kier molecular flexibility index (Phi) is 3.01. The zero-order valence-electron chi connectivity index (χ0n) is 9.30. The number of carbonyl (C=O) groups excluding carboxylic acids is 1. The minimum absolute atomic E-state index is 0.142. The first-order valence-corrected chi connectivity index (χ1v) is 7.07. The molecule has 18 heavy (non-hydrogen) atoms. The van der Waals surface area contributed by atoms with E-state index in [2.05, 4.69) is 15.9 Å². The van der Waals surface area contributed by atoms with Crippen LogP contribution in [-0.2, 0) is 4.74 Å². The lowest BCUT2D eigenvalue weighted by atomic mass is 10.2. The van der Waals surface area contributed by atoms with Crippen LogP contribution in [0.3, 0.4) is 0 Å². The van der Waals surface area contributed by atoms with Crippen molar-refractivity contribution in [2.75, 3.05) is 18.1 Å². The lowest BCUT2D eigenvalue weighted by Crippen LogP contribution is -2.24. The predicted octanol–water partition coefficient (Wildman–Crippen LogP) is 2.98. The number of rotatable bonds is 2. The number of fused-ring (bicyclic) bond motifs is 1. The average molecular weight is 328 g/mol. The molecular formula is C12H10BrNO3S. The first-order valence-electron chi connectivity index (χ1n) is 5.46. The van der Waals surface area contributed by atoms with Gasteiger partial charge in [-0.25, -0.2) is 4.79 Å². The van der Waals surface area contributed by atoms with E-state index in [0.717, 1.165) is 19.6 Å². The molecule has 94 valence electrons. The topological polar surface area (TPSA) is 49.8 Å². The number of halogens is 1. The minimum atomic E-state index is -0.425. The molecule has 1 N–H and O–H groups in total. The highest BCUT2D eigenvalue weighted by Crippen LogP contribution is 2.37. The van der Waals surface area contributed by atoms with E-state index >= 15 is 0 Å². The molecule has 1 aliphatic heterocycles. The fourth-order valence-corrected chi connectivity index (χ4v) is 3.64. The molecule has 2 heterocycles. The molecule has 0 saturated carbocycles. The van der Waals surface area contributed by atoms with Gasteiger partial charge in [-0.15, -0.1) is 11.3 Å². The molecule has 4 nitrogen and oxygen atoms in total. The number of nitrogens with zero attached hydrogens (tertiary/aromatic N) is 1. The van der Waals surface area contributed by atoms with Crippen LogP contribution in [0.2, 0.25) is 0 Å². The van der Waals surface area contributed by atoms with E-state index in [1.165, 1.54) is 11.3 Å². The summed E-state index contributed by atoms with van der Waals surface area (Å²) in [4.78, 5) is 13.3. The second kappa shape index (κ2) is 4.53. The van der Waals surface area contributed by atoms with Crippen LogP contribution in [0.1, 0.15) is 0 Å². The van der Waals surface area contributed by atoms with Gasteiger partial charge in [0.05, 0.1) is 13.2 Å². The summed E-state index contributed by atoms with van der Waals surface area (Å²) in [5, 5.41) is 11.0. The summed E-state index contributed by atoms with van der Waals surface area (Å²) >= 11 is 5.03. The maximum atomic E-state index is 11.7. The Morgan fingerprint density at radius 1 is 1.56 bits per heavy atom. The predicted molar refractivity (Wildman–Crippen MR) is 74.2 cm³/mol. The summed E-state index contributed by atoms with van der Waals surface area (Å²) in [7, 11) is 0. The Labute approximate surface area is 116 Å². The monoisotopic (exact) mass is 327 g/mol. The number of thiophene rings is 1. The van der Waals surface area contributed by atoms with Gasteiger partial charge in [0.15, 0.2) is 0 Å².